The van der Waals surface area contributed by atoms with Gasteiger partial charge >= 0.3 is 0 Å². The monoisotopic (exact) mass is 321 g/mol. The highest BCUT2D eigenvalue weighted by atomic mass is 16.5. The number of rotatable bonds is 6. The van der Waals surface area contributed by atoms with E-state index in [1.165, 1.54) is 11.1 Å². The van der Waals surface area contributed by atoms with Gasteiger partial charge in [0, 0.05) is 23.7 Å². The summed E-state index contributed by atoms with van der Waals surface area (Å²) in [5.74, 6) is 0.853. The molecule has 0 spiro atoms. The molecule has 0 amide bonds. The minimum Gasteiger partial charge on any atom is -0.497 e. The summed E-state index contributed by atoms with van der Waals surface area (Å²) in [5, 5.41) is 10.9. The van der Waals surface area contributed by atoms with Gasteiger partial charge in [-0.25, -0.2) is 0 Å². The lowest BCUT2D eigenvalue weighted by molar-refractivity contribution is 0.415. The Balaban J connectivity index is 1.72. The van der Waals surface area contributed by atoms with Crippen molar-refractivity contribution in [1.82, 2.24) is 15.5 Å². The first kappa shape index (κ1) is 16.3. The third-order valence-corrected chi connectivity index (χ3v) is 4.35. The van der Waals surface area contributed by atoms with Gasteiger partial charge in [0.05, 0.1) is 19.0 Å². The minimum atomic E-state index is 0.282. The number of benzene rings is 2. The average Bonchev–Trinajstić information content (AvgIpc) is 3.08. The zero-order chi connectivity index (χ0) is 16.9. The summed E-state index contributed by atoms with van der Waals surface area (Å²) < 4.78 is 5.22. The van der Waals surface area contributed by atoms with Crippen LogP contribution in [0.25, 0.3) is 11.3 Å². The SMILES string of the molecule is COc1ccc(-c2[nH]ncc2CN[C@H](C)c2ccccc2C)cc1. The van der Waals surface area contributed by atoms with Gasteiger partial charge in [0.1, 0.15) is 5.75 Å². The summed E-state index contributed by atoms with van der Waals surface area (Å²) in [6.45, 7) is 5.09. The maximum atomic E-state index is 5.22. The zero-order valence-electron chi connectivity index (χ0n) is 14.3. The number of ether oxygens (including phenoxy) is 1. The molecule has 0 aliphatic rings. The number of methoxy groups -OCH3 is 1. The van der Waals surface area contributed by atoms with Gasteiger partial charge in [-0.2, -0.15) is 5.10 Å². The minimum absolute atomic E-state index is 0.282. The Bertz CT molecular complexity index is 793. The number of H-pyrrole nitrogens is 1. The van der Waals surface area contributed by atoms with Crippen molar-refractivity contribution in [2.45, 2.75) is 26.4 Å². The Morgan fingerprint density at radius 1 is 1.12 bits per heavy atom. The van der Waals surface area contributed by atoms with Crippen LogP contribution in [0.2, 0.25) is 0 Å². The molecule has 2 N–H and O–H groups in total. The van der Waals surface area contributed by atoms with E-state index in [1.54, 1.807) is 7.11 Å². The lowest BCUT2D eigenvalue weighted by atomic mass is 10.0. The molecule has 4 nitrogen and oxygen atoms in total. The fourth-order valence-electron chi connectivity index (χ4n) is 2.90. The zero-order valence-corrected chi connectivity index (χ0v) is 14.3. The van der Waals surface area contributed by atoms with Crippen molar-refractivity contribution in [2.75, 3.05) is 7.11 Å². The topological polar surface area (TPSA) is 49.9 Å². The van der Waals surface area contributed by atoms with Crippen molar-refractivity contribution < 1.29 is 4.74 Å². The number of nitrogens with zero attached hydrogens (tertiary/aromatic N) is 1. The molecule has 0 unspecified atom stereocenters. The molecule has 124 valence electrons. The standard InChI is InChI=1S/C20H23N3O/c1-14-6-4-5-7-19(14)15(2)21-12-17-13-22-23-20(17)16-8-10-18(24-3)11-9-16/h4-11,13,15,21H,12H2,1-3H3,(H,22,23)/t15-/m1/s1. The second-order valence-corrected chi connectivity index (χ2v) is 5.96. The Morgan fingerprint density at radius 3 is 2.58 bits per heavy atom. The number of aromatic nitrogens is 2. The predicted molar refractivity (Wildman–Crippen MR) is 97.0 cm³/mol. The smallest absolute Gasteiger partial charge is 0.118 e. The van der Waals surface area contributed by atoms with Gasteiger partial charge in [-0.05, 0) is 49.2 Å². The fourth-order valence-corrected chi connectivity index (χ4v) is 2.90. The van der Waals surface area contributed by atoms with Crippen LogP contribution in [0.15, 0.2) is 54.7 Å². The molecule has 0 bridgehead atoms. The first-order chi connectivity index (χ1) is 11.7. The third-order valence-electron chi connectivity index (χ3n) is 4.35. The molecule has 1 aromatic heterocycles. The van der Waals surface area contributed by atoms with Gasteiger partial charge in [0.25, 0.3) is 0 Å². The fraction of sp³-hybridized carbons (Fsp3) is 0.250. The first-order valence-electron chi connectivity index (χ1n) is 8.14. The van der Waals surface area contributed by atoms with E-state index in [9.17, 15) is 0 Å². The maximum absolute atomic E-state index is 5.22. The summed E-state index contributed by atoms with van der Waals surface area (Å²) in [6.07, 6.45) is 1.89. The van der Waals surface area contributed by atoms with Gasteiger partial charge in [-0.3, -0.25) is 5.10 Å². The molecule has 0 aliphatic heterocycles. The number of hydrogen-bond acceptors (Lipinski definition) is 3. The van der Waals surface area contributed by atoms with Crippen LogP contribution in [0.3, 0.4) is 0 Å². The van der Waals surface area contributed by atoms with Crippen molar-refractivity contribution in [3.05, 3.63) is 71.4 Å². The number of hydrogen-bond donors (Lipinski definition) is 2. The Morgan fingerprint density at radius 2 is 1.88 bits per heavy atom. The molecule has 0 saturated heterocycles. The highest BCUT2D eigenvalue weighted by Gasteiger charge is 2.11. The Labute approximate surface area is 142 Å². The second-order valence-electron chi connectivity index (χ2n) is 5.96. The van der Waals surface area contributed by atoms with E-state index in [1.807, 2.05) is 30.5 Å². The van der Waals surface area contributed by atoms with Gasteiger partial charge in [-0.15, -0.1) is 0 Å². The molecular weight excluding hydrogens is 298 g/mol. The molecule has 0 aliphatic carbocycles. The highest BCUT2D eigenvalue weighted by molar-refractivity contribution is 5.63. The molecule has 0 fully saturated rings. The van der Waals surface area contributed by atoms with Crippen molar-refractivity contribution in [3.8, 4) is 17.0 Å². The van der Waals surface area contributed by atoms with Crippen molar-refractivity contribution in [3.63, 3.8) is 0 Å². The van der Waals surface area contributed by atoms with Crippen LogP contribution in [0, 0.1) is 6.92 Å². The van der Waals surface area contributed by atoms with Crippen LogP contribution >= 0.6 is 0 Å². The molecule has 3 aromatic rings. The van der Waals surface area contributed by atoms with E-state index in [0.717, 1.165) is 29.1 Å². The second kappa shape index (κ2) is 7.32. The van der Waals surface area contributed by atoms with E-state index in [2.05, 4.69) is 53.6 Å². The Hall–Kier alpha value is -2.59. The lowest BCUT2D eigenvalue weighted by Crippen LogP contribution is -2.19. The molecule has 4 heteroatoms. The summed E-state index contributed by atoms with van der Waals surface area (Å²) in [4.78, 5) is 0. The average molecular weight is 321 g/mol. The highest BCUT2D eigenvalue weighted by Crippen LogP contribution is 2.24. The van der Waals surface area contributed by atoms with Crippen LogP contribution in [0.4, 0.5) is 0 Å². The predicted octanol–water partition coefficient (Wildman–Crippen LogP) is 4.24. The van der Waals surface area contributed by atoms with E-state index >= 15 is 0 Å². The van der Waals surface area contributed by atoms with Crippen LogP contribution < -0.4 is 10.1 Å². The molecule has 1 atom stereocenters. The van der Waals surface area contributed by atoms with Gasteiger partial charge in [0.2, 0.25) is 0 Å². The van der Waals surface area contributed by atoms with Crippen LogP contribution in [0.1, 0.15) is 29.7 Å². The molecule has 1 heterocycles. The van der Waals surface area contributed by atoms with Crippen LogP contribution in [-0.2, 0) is 6.54 Å². The molecular formula is C20H23N3O. The van der Waals surface area contributed by atoms with Crippen LogP contribution in [-0.4, -0.2) is 17.3 Å². The lowest BCUT2D eigenvalue weighted by Gasteiger charge is -2.16. The summed E-state index contributed by atoms with van der Waals surface area (Å²) in [5.41, 5.74) is 5.93. The van der Waals surface area contributed by atoms with Crippen molar-refractivity contribution >= 4 is 0 Å². The normalized spacial score (nSPS) is 12.1. The summed E-state index contributed by atoms with van der Waals surface area (Å²) >= 11 is 0. The number of aromatic amines is 1. The van der Waals surface area contributed by atoms with E-state index in [4.69, 9.17) is 4.74 Å². The third kappa shape index (κ3) is 3.49. The van der Waals surface area contributed by atoms with Crippen molar-refractivity contribution in [2.24, 2.45) is 0 Å². The molecule has 24 heavy (non-hydrogen) atoms. The largest absolute Gasteiger partial charge is 0.497 e. The Kier molecular flexibility index (Phi) is 4.96. The summed E-state index contributed by atoms with van der Waals surface area (Å²) in [6, 6.07) is 16.8. The number of nitrogens with one attached hydrogen (secondary N) is 2. The number of aryl methyl sites for hydroxylation is 1. The van der Waals surface area contributed by atoms with Crippen LogP contribution in [0.5, 0.6) is 5.75 Å². The molecule has 0 saturated carbocycles. The maximum Gasteiger partial charge on any atom is 0.118 e. The van der Waals surface area contributed by atoms with E-state index < -0.39 is 0 Å². The summed E-state index contributed by atoms with van der Waals surface area (Å²) in [7, 11) is 1.67. The first-order valence-corrected chi connectivity index (χ1v) is 8.14. The van der Waals surface area contributed by atoms with Gasteiger partial charge in [-0.1, -0.05) is 24.3 Å². The molecule has 2 aromatic carbocycles. The van der Waals surface area contributed by atoms with Gasteiger partial charge in [0.15, 0.2) is 0 Å². The van der Waals surface area contributed by atoms with Gasteiger partial charge < -0.3 is 10.1 Å². The molecule has 3 rings (SSSR count). The molecule has 0 radical (unpaired) electrons. The van der Waals surface area contributed by atoms with E-state index in [-0.39, 0.29) is 6.04 Å². The van der Waals surface area contributed by atoms with Crippen molar-refractivity contribution in [1.29, 1.82) is 0 Å². The van der Waals surface area contributed by atoms with E-state index in [0.29, 0.717) is 0 Å². The quantitative estimate of drug-likeness (QED) is 0.714.